The molecule has 0 saturated heterocycles. The number of pyridine rings is 1. The molecule has 19 heavy (non-hydrogen) atoms. The smallest absolute Gasteiger partial charge is 0.227 e. The second kappa shape index (κ2) is 6.48. The van der Waals surface area contributed by atoms with Crippen molar-refractivity contribution in [3.8, 4) is 0 Å². The van der Waals surface area contributed by atoms with Crippen molar-refractivity contribution in [2.75, 3.05) is 11.9 Å². The normalized spacial score (nSPS) is 23.1. The summed E-state index contributed by atoms with van der Waals surface area (Å²) in [6, 6.07) is 1.93. The van der Waals surface area contributed by atoms with Crippen molar-refractivity contribution in [1.29, 1.82) is 0 Å². The van der Waals surface area contributed by atoms with Crippen LogP contribution in [-0.2, 0) is 4.79 Å². The third-order valence-corrected chi connectivity index (χ3v) is 4.66. The maximum atomic E-state index is 12.3. The SMILES string of the molecule is Cc1cc(NC(=O)C2CCCCC2CN)cnc1Br. The molecule has 0 bridgehead atoms. The van der Waals surface area contributed by atoms with Gasteiger partial charge in [0, 0.05) is 5.92 Å². The lowest BCUT2D eigenvalue weighted by Gasteiger charge is -2.29. The predicted octanol–water partition coefficient (Wildman–Crippen LogP) is 2.86. The highest BCUT2D eigenvalue weighted by atomic mass is 79.9. The molecule has 3 N–H and O–H groups in total. The largest absolute Gasteiger partial charge is 0.330 e. The molecular formula is C14H20BrN3O. The highest BCUT2D eigenvalue weighted by molar-refractivity contribution is 9.10. The molecule has 5 heteroatoms. The number of carbonyl (C=O) groups is 1. The number of halogens is 1. The fourth-order valence-electron chi connectivity index (χ4n) is 2.70. The summed E-state index contributed by atoms with van der Waals surface area (Å²) in [7, 11) is 0. The molecule has 1 aliphatic carbocycles. The summed E-state index contributed by atoms with van der Waals surface area (Å²) in [5, 5.41) is 2.97. The number of anilines is 1. The molecule has 1 saturated carbocycles. The highest BCUT2D eigenvalue weighted by Gasteiger charge is 2.29. The number of rotatable bonds is 3. The Morgan fingerprint density at radius 3 is 2.95 bits per heavy atom. The summed E-state index contributed by atoms with van der Waals surface area (Å²) >= 11 is 3.35. The van der Waals surface area contributed by atoms with E-state index in [1.165, 1.54) is 6.42 Å². The Labute approximate surface area is 122 Å². The Morgan fingerprint density at radius 1 is 1.53 bits per heavy atom. The molecule has 2 atom stereocenters. The second-order valence-electron chi connectivity index (χ2n) is 5.21. The van der Waals surface area contributed by atoms with E-state index in [9.17, 15) is 4.79 Å². The first kappa shape index (κ1) is 14.5. The number of nitrogens with zero attached hydrogens (tertiary/aromatic N) is 1. The van der Waals surface area contributed by atoms with Crippen molar-refractivity contribution in [3.05, 3.63) is 22.4 Å². The first-order chi connectivity index (χ1) is 9.11. The lowest BCUT2D eigenvalue weighted by Crippen LogP contribution is -2.35. The second-order valence-corrected chi connectivity index (χ2v) is 5.96. The summed E-state index contributed by atoms with van der Waals surface area (Å²) in [5.41, 5.74) is 7.54. The van der Waals surface area contributed by atoms with Crippen LogP contribution in [0.5, 0.6) is 0 Å². The molecule has 1 heterocycles. The van der Waals surface area contributed by atoms with Crippen LogP contribution in [-0.4, -0.2) is 17.4 Å². The van der Waals surface area contributed by atoms with Crippen LogP contribution in [0.25, 0.3) is 0 Å². The van der Waals surface area contributed by atoms with Gasteiger partial charge in [-0.25, -0.2) is 4.98 Å². The average molecular weight is 326 g/mol. The summed E-state index contributed by atoms with van der Waals surface area (Å²) < 4.78 is 0.808. The zero-order valence-electron chi connectivity index (χ0n) is 11.2. The van der Waals surface area contributed by atoms with E-state index in [1.807, 2.05) is 13.0 Å². The third kappa shape index (κ3) is 3.54. The van der Waals surface area contributed by atoms with Gasteiger partial charge in [0.15, 0.2) is 0 Å². The standard InChI is InChI=1S/C14H20BrN3O/c1-9-6-11(8-17-13(9)15)18-14(19)12-5-3-2-4-10(12)7-16/h6,8,10,12H,2-5,7,16H2,1H3,(H,18,19). The van der Waals surface area contributed by atoms with E-state index in [2.05, 4.69) is 26.2 Å². The highest BCUT2D eigenvalue weighted by Crippen LogP contribution is 2.30. The van der Waals surface area contributed by atoms with Gasteiger partial charge in [0.1, 0.15) is 4.60 Å². The van der Waals surface area contributed by atoms with Crippen LogP contribution in [0.15, 0.2) is 16.9 Å². The van der Waals surface area contributed by atoms with Crippen molar-refractivity contribution in [3.63, 3.8) is 0 Å². The molecule has 1 amide bonds. The predicted molar refractivity (Wildman–Crippen MR) is 79.8 cm³/mol. The summed E-state index contributed by atoms with van der Waals surface area (Å²) in [6.45, 7) is 2.55. The summed E-state index contributed by atoms with van der Waals surface area (Å²) in [6.07, 6.45) is 5.98. The molecule has 1 aromatic rings. The first-order valence-electron chi connectivity index (χ1n) is 6.75. The molecule has 0 radical (unpaired) electrons. The van der Waals surface area contributed by atoms with E-state index in [1.54, 1.807) is 6.20 Å². The van der Waals surface area contributed by atoms with Crippen LogP contribution >= 0.6 is 15.9 Å². The molecule has 0 aromatic carbocycles. The van der Waals surface area contributed by atoms with Crippen molar-refractivity contribution in [2.24, 2.45) is 17.6 Å². The first-order valence-corrected chi connectivity index (χ1v) is 7.54. The van der Waals surface area contributed by atoms with E-state index in [-0.39, 0.29) is 11.8 Å². The van der Waals surface area contributed by atoms with E-state index < -0.39 is 0 Å². The van der Waals surface area contributed by atoms with Gasteiger partial charge >= 0.3 is 0 Å². The quantitative estimate of drug-likeness (QED) is 0.839. The number of nitrogens with two attached hydrogens (primary N) is 1. The van der Waals surface area contributed by atoms with E-state index in [0.717, 1.165) is 35.1 Å². The van der Waals surface area contributed by atoms with Crippen LogP contribution in [0.3, 0.4) is 0 Å². The van der Waals surface area contributed by atoms with Crippen molar-refractivity contribution in [1.82, 2.24) is 4.98 Å². The lowest BCUT2D eigenvalue weighted by atomic mass is 9.78. The van der Waals surface area contributed by atoms with Gasteiger partial charge in [-0.3, -0.25) is 4.79 Å². The molecule has 1 aromatic heterocycles. The molecule has 0 spiro atoms. The van der Waals surface area contributed by atoms with Gasteiger partial charge in [0.25, 0.3) is 0 Å². The van der Waals surface area contributed by atoms with Gasteiger partial charge in [-0.1, -0.05) is 12.8 Å². The van der Waals surface area contributed by atoms with Gasteiger partial charge in [-0.2, -0.15) is 0 Å². The van der Waals surface area contributed by atoms with E-state index in [0.29, 0.717) is 12.5 Å². The fourth-order valence-corrected chi connectivity index (χ4v) is 2.91. The number of aromatic nitrogens is 1. The molecule has 2 unspecified atom stereocenters. The lowest BCUT2D eigenvalue weighted by molar-refractivity contribution is -0.122. The minimum absolute atomic E-state index is 0.0442. The zero-order chi connectivity index (χ0) is 13.8. The number of aryl methyl sites for hydroxylation is 1. The Hall–Kier alpha value is -0.940. The number of carbonyl (C=O) groups excluding carboxylic acids is 1. The maximum Gasteiger partial charge on any atom is 0.227 e. The minimum Gasteiger partial charge on any atom is -0.330 e. The molecule has 1 fully saturated rings. The fraction of sp³-hybridized carbons (Fsp3) is 0.571. The topological polar surface area (TPSA) is 68.0 Å². The molecule has 1 aliphatic rings. The van der Waals surface area contributed by atoms with E-state index >= 15 is 0 Å². The zero-order valence-corrected chi connectivity index (χ0v) is 12.7. The van der Waals surface area contributed by atoms with Crippen LogP contribution in [0.2, 0.25) is 0 Å². The van der Waals surface area contributed by atoms with Gasteiger partial charge < -0.3 is 11.1 Å². The van der Waals surface area contributed by atoms with Gasteiger partial charge in [0.05, 0.1) is 11.9 Å². The Morgan fingerprint density at radius 2 is 2.26 bits per heavy atom. The molecule has 0 aliphatic heterocycles. The Balaban J connectivity index is 2.05. The van der Waals surface area contributed by atoms with E-state index in [4.69, 9.17) is 5.73 Å². The van der Waals surface area contributed by atoms with Crippen LogP contribution in [0, 0.1) is 18.8 Å². The molecule has 104 valence electrons. The Kier molecular flexibility index (Phi) is 4.93. The minimum atomic E-state index is 0.0442. The third-order valence-electron chi connectivity index (χ3n) is 3.83. The number of hydrogen-bond donors (Lipinski definition) is 2. The average Bonchev–Trinajstić information content (AvgIpc) is 2.43. The number of hydrogen-bond acceptors (Lipinski definition) is 3. The number of amides is 1. The van der Waals surface area contributed by atoms with Crippen molar-refractivity contribution in [2.45, 2.75) is 32.6 Å². The van der Waals surface area contributed by atoms with Crippen molar-refractivity contribution >= 4 is 27.5 Å². The van der Waals surface area contributed by atoms with Crippen LogP contribution in [0.1, 0.15) is 31.2 Å². The monoisotopic (exact) mass is 325 g/mol. The van der Waals surface area contributed by atoms with Gasteiger partial charge in [-0.15, -0.1) is 0 Å². The van der Waals surface area contributed by atoms with Crippen molar-refractivity contribution < 1.29 is 4.79 Å². The van der Waals surface area contributed by atoms with Crippen LogP contribution in [0.4, 0.5) is 5.69 Å². The Bertz CT molecular complexity index is 464. The van der Waals surface area contributed by atoms with Gasteiger partial charge in [-0.05, 0) is 59.8 Å². The van der Waals surface area contributed by atoms with Crippen LogP contribution < -0.4 is 11.1 Å². The van der Waals surface area contributed by atoms with Gasteiger partial charge in [0.2, 0.25) is 5.91 Å². The maximum absolute atomic E-state index is 12.3. The number of nitrogens with one attached hydrogen (secondary N) is 1. The molecule has 4 nitrogen and oxygen atoms in total. The molecule has 2 rings (SSSR count). The summed E-state index contributed by atoms with van der Waals surface area (Å²) in [4.78, 5) is 16.5. The summed E-state index contributed by atoms with van der Waals surface area (Å²) in [5.74, 6) is 0.444. The molecular weight excluding hydrogens is 306 g/mol.